The van der Waals surface area contributed by atoms with Crippen LogP contribution in [0.1, 0.15) is 0 Å². The van der Waals surface area contributed by atoms with E-state index in [1.165, 1.54) is 18.2 Å². The van der Waals surface area contributed by atoms with Gasteiger partial charge in [0.25, 0.3) is 5.91 Å². The topological polar surface area (TPSA) is 92.5 Å². The number of amides is 4. The average Bonchev–Trinajstić information content (AvgIpc) is 2.54. The van der Waals surface area contributed by atoms with Crippen LogP contribution in [0.15, 0.2) is 29.3 Å². The van der Waals surface area contributed by atoms with E-state index in [0.29, 0.717) is 18.0 Å². The van der Waals surface area contributed by atoms with Crippen LogP contribution < -0.4 is 19.9 Å². The van der Waals surface area contributed by atoms with Gasteiger partial charge < -0.3 is 9.64 Å². The van der Waals surface area contributed by atoms with Crippen molar-refractivity contribution in [2.45, 2.75) is 0 Å². The normalized spacial score (nSPS) is 18.4. The zero-order valence-corrected chi connectivity index (χ0v) is 13.9. The zero-order valence-electron chi connectivity index (χ0n) is 13.9. The molecule has 0 spiro atoms. The maximum absolute atomic E-state index is 12.5. The predicted molar refractivity (Wildman–Crippen MR) is 88.5 cm³/mol. The van der Waals surface area contributed by atoms with E-state index in [1.54, 1.807) is 24.3 Å². The number of nitrogens with one attached hydrogen (secondary N) is 2. The van der Waals surface area contributed by atoms with E-state index < -0.39 is 23.8 Å². The van der Waals surface area contributed by atoms with Crippen molar-refractivity contribution in [3.63, 3.8) is 0 Å². The van der Waals surface area contributed by atoms with Crippen molar-refractivity contribution in [1.29, 1.82) is 0 Å². The fourth-order valence-corrected chi connectivity index (χ4v) is 2.17. The van der Waals surface area contributed by atoms with Gasteiger partial charge in [-0.3, -0.25) is 19.9 Å². The number of benzene rings is 1. The van der Waals surface area contributed by atoms with Crippen LogP contribution >= 0.6 is 0 Å². The van der Waals surface area contributed by atoms with Crippen molar-refractivity contribution in [3.05, 3.63) is 24.3 Å². The van der Waals surface area contributed by atoms with Crippen molar-refractivity contribution >= 4 is 29.7 Å². The highest BCUT2D eigenvalue weighted by molar-refractivity contribution is 6.32. The summed E-state index contributed by atoms with van der Waals surface area (Å²) in [6.07, 6.45) is 1.31. The molecule has 1 aromatic carbocycles. The van der Waals surface area contributed by atoms with Gasteiger partial charge in [-0.2, -0.15) is 0 Å². The summed E-state index contributed by atoms with van der Waals surface area (Å²) in [5.74, 6) is -1.78. The van der Waals surface area contributed by atoms with Crippen LogP contribution in [0.25, 0.3) is 0 Å². The number of hydrogen-bond acceptors (Lipinski definition) is 5. The number of anilines is 1. The third kappa shape index (κ3) is 3.96. The van der Waals surface area contributed by atoms with E-state index in [9.17, 15) is 14.4 Å². The Morgan fingerprint density at radius 2 is 1.92 bits per heavy atom. The number of carbonyl (C=O) groups excluding carboxylic acids is 3. The molecule has 0 saturated carbocycles. The molecular weight excluding hydrogens is 312 g/mol. The molecule has 0 aliphatic carbocycles. The van der Waals surface area contributed by atoms with E-state index in [0.717, 1.165) is 11.4 Å². The van der Waals surface area contributed by atoms with Crippen LogP contribution in [0.4, 0.5) is 10.5 Å². The predicted octanol–water partition coefficient (Wildman–Crippen LogP) is -0.890. The molecule has 24 heavy (non-hydrogen) atoms. The molecule has 1 aromatic rings. The minimum atomic E-state index is -1.11. The van der Waals surface area contributed by atoms with Crippen molar-refractivity contribution in [1.82, 2.24) is 5.32 Å². The van der Waals surface area contributed by atoms with Crippen LogP contribution in [0.2, 0.25) is 0 Å². The van der Waals surface area contributed by atoms with Gasteiger partial charge in [-0.15, -0.1) is 0 Å². The molecule has 2 N–H and O–H groups in total. The number of likely N-dealkylation sites (N-methyl/N-ethyl adjacent to an activating group) is 1. The Hall–Kier alpha value is -2.74. The first kappa shape index (κ1) is 17.6. The quantitative estimate of drug-likeness (QED) is 0.522. The summed E-state index contributed by atoms with van der Waals surface area (Å²) in [6.45, 7) is 1.27. The fourth-order valence-electron chi connectivity index (χ4n) is 2.17. The Morgan fingerprint density at radius 3 is 2.50 bits per heavy atom. The van der Waals surface area contributed by atoms with Crippen LogP contribution in [0.3, 0.4) is 0 Å². The zero-order chi connectivity index (χ0) is 17.7. The van der Waals surface area contributed by atoms with E-state index in [1.807, 2.05) is 14.1 Å². The van der Waals surface area contributed by atoms with Gasteiger partial charge in [0.2, 0.25) is 5.91 Å². The van der Waals surface area contributed by atoms with Gasteiger partial charge in [0.1, 0.15) is 5.75 Å². The van der Waals surface area contributed by atoms with Crippen molar-refractivity contribution in [2.75, 3.05) is 39.2 Å². The van der Waals surface area contributed by atoms with Crippen LogP contribution in [-0.4, -0.2) is 58.4 Å². The highest BCUT2D eigenvalue weighted by Crippen LogP contribution is 2.22. The molecule has 4 amide bonds. The van der Waals surface area contributed by atoms with Gasteiger partial charge in [0.05, 0.1) is 40.0 Å². The van der Waals surface area contributed by atoms with Gasteiger partial charge >= 0.3 is 6.03 Å². The second-order valence-corrected chi connectivity index (χ2v) is 5.66. The SMILES string of the molecule is COc1ccc(N2C(=O)NC(=O)C(C=NCC[NH+](C)C)C2=O)cc1. The number of aliphatic imine (C=N–C) groups is 1. The standard InChI is InChI=1S/C16H20N4O4/c1-19(2)9-8-17-10-13-14(21)18-16(23)20(15(13)22)11-4-6-12(24-3)7-5-11/h4-7,10,13H,8-9H2,1-3H3,(H,18,21,23)/p+1. The minimum absolute atomic E-state index is 0.363. The average molecular weight is 333 g/mol. The lowest BCUT2D eigenvalue weighted by molar-refractivity contribution is -0.856. The van der Waals surface area contributed by atoms with Crippen molar-refractivity contribution in [3.8, 4) is 5.75 Å². The molecule has 0 radical (unpaired) electrons. The van der Waals surface area contributed by atoms with Gasteiger partial charge in [-0.25, -0.2) is 9.69 Å². The third-order valence-electron chi connectivity index (χ3n) is 3.53. The highest BCUT2D eigenvalue weighted by atomic mass is 16.5. The summed E-state index contributed by atoms with van der Waals surface area (Å²) in [6, 6.07) is 5.66. The molecular formula is C16H21N4O4+. The van der Waals surface area contributed by atoms with Gasteiger partial charge in [-0.05, 0) is 24.3 Å². The lowest BCUT2D eigenvalue weighted by Crippen LogP contribution is -3.06. The van der Waals surface area contributed by atoms with Gasteiger partial charge in [0, 0.05) is 6.21 Å². The first-order valence-electron chi connectivity index (χ1n) is 7.56. The molecule has 8 heteroatoms. The molecule has 8 nitrogen and oxygen atoms in total. The van der Waals surface area contributed by atoms with Gasteiger partial charge in [0.15, 0.2) is 5.92 Å². The molecule has 2 rings (SSSR count). The van der Waals surface area contributed by atoms with Crippen LogP contribution in [0, 0.1) is 5.92 Å². The number of hydrogen-bond donors (Lipinski definition) is 2. The molecule has 1 aliphatic heterocycles. The molecule has 128 valence electrons. The fraction of sp³-hybridized carbons (Fsp3) is 0.375. The first-order valence-corrected chi connectivity index (χ1v) is 7.56. The van der Waals surface area contributed by atoms with Crippen LogP contribution in [-0.2, 0) is 9.59 Å². The smallest absolute Gasteiger partial charge is 0.335 e. The first-order chi connectivity index (χ1) is 11.4. The number of rotatable bonds is 6. The highest BCUT2D eigenvalue weighted by Gasteiger charge is 2.40. The summed E-state index contributed by atoms with van der Waals surface area (Å²) in [7, 11) is 5.49. The second kappa shape index (κ2) is 7.69. The number of carbonyl (C=O) groups is 3. The Bertz CT molecular complexity index is 655. The van der Waals surface area contributed by atoms with E-state index in [4.69, 9.17) is 4.74 Å². The van der Waals surface area contributed by atoms with Crippen molar-refractivity contribution < 1.29 is 24.0 Å². The number of urea groups is 1. The minimum Gasteiger partial charge on any atom is -0.497 e. The molecule has 0 aromatic heterocycles. The summed E-state index contributed by atoms with van der Waals surface area (Å²) >= 11 is 0. The largest absolute Gasteiger partial charge is 0.497 e. The Balaban J connectivity index is 2.17. The summed E-state index contributed by atoms with van der Waals surface area (Å²) < 4.78 is 5.05. The lowest BCUT2D eigenvalue weighted by Gasteiger charge is -2.28. The molecule has 1 atom stereocenters. The summed E-state index contributed by atoms with van der Waals surface area (Å²) in [5, 5.41) is 2.19. The maximum Gasteiger partial charge on any atom is 0.335 e. The molecule has 1 saturated heterocycles. The lowest BCUT2D eigenvalue weighted by atomic mass is 10.1. The van der Waals surface area contributed by atoms with Crippen molar-refractivity contribution in [2.24, 2.45) is 10.9 Å². The number of methoxy groups -OCH3 is 1. The summed E-state index contributed by atoms with van der Waals surface area (Å²) in [5.41, 5.74) is 0.363. The molecule has 1 heterocycles. The number of nitrogens with zero attached hydrogens (tertiary/aromatic N) is 2. The number of imide groups is 2. The third-order valence-corrected chi connectivity index (χ3v) is 3.53. The number of barbiturate groups is 1. The van der Waals surface area contributed by atoms with E-state index >= 15 is 0 Å². The van der Waals surface area contributed by atoms with E-state index in [-0.39, 0.29) is 0 Å². The molecule has 1 fully saturated rings. The van der Waals surface area contributed by atoms with Crippen LogP contribution in [0.5, 0.6) is 5.75 Å². The Kier molecular flexibility index (Phi) is 5.64. The maximum atomic E-state index is 12.5. The Morgan fingerprint density at radius 1 is 1.25 bits per heavy atom. The summed E-state index contributed by atoms with van der Waals surface area (Å²) in [4.78, 5) is 42.8. The molecule has 0 bridgehead atoms. The van der Waals surface area contributed by atoms with E-state index in [2.05, 4.69) is 10.3 Å². The monoisotopic (exact) mass is 333 g/mol. The van der Waals surface area contributed by atoms with Gasteiger partial charge in [-0.1, -0.05) is 0 Å². The molecule has 1 aliphatic rings. The molecule has 1 unspecified atom stereocenters. The second-order valence-electron chi connectivity index (χ2n) is 5.66. The number of quaternary nitrogens is 1. The Labute approximate surface area is 140 Å². The number of ether oxygens (including phenoxy) is 1.